The summed E-state index contributed by atoms with van der Waals surface area (Å²) in [6.45, 7) is 12.7. The predicted molar refractivity (Wildman–Crippen MR) is 129 cm³/mol. The van der Waals surface area contributed by atoms with Gasteiger partial charge in [-0.25, -0.2) is 8.78 Å². The van der Waals surface area contributed by atoms with E-state index in [0.29, 0.717) is 12.5 Å². The molecule has 1 aromatic carbocycles. The van der Waals surface area contributed by atoms with E-state index in [1.165, 1.54) is 11.0 Å². The number of rotatable bonds is 10. The summed E-state index contributed by atoms with van der Waals surface area (Å²) < 4.78 is 27.6. The van der Waals surface area contributed by atoms with Crippen molar-refractivity contribution < 1.29 is 23.5 Å². The Hall–Kier alpha value is -2.10. The average molecular weight is 483 g/mol. The van der Waals surface area contributed by atoms with Crippen LogP contribution in [-0.4, -0.2) is 65.7 Å². The Kier molecular flexibility index (Phi) is 9.56. The van der Waals surface area contributed by atoms with Crippen LogP contribution >= 0.6 is 0 Å². The number of carbonyl (C=O) groups is 2. The molecule has 3 atom stereocenters. The molecule has 1 saturated heterocycles. The highest BCUT2D eigenvalue weighted by molar-refractivity contribution is 5.96. The highest BCUT2D eigenvalue weighted by atomic mass is 19.1. The van der Waals surface area contributed by atoms with Gasteiger partial charge in [0, 0.05) is 43.2 Å². The molecule has 0 bridgehead atoms. The number of hydrogen-bond donors (Lipinski definition) is 3. The van der Waals surface area contributed by atoms with Gasteiger partial charge in [0.05, 0.1) is 18.3 Å². The molecular formula is C25H40F2N4O3. The summed E-state index contributed by atoms with van der Waals surface area (Å²) in [6.07, 6.45) is -0.714. The van der Waals surface area contributed by atoms with E-state index >= 15 is 0 Å². The van der Waals surface area contributed by atoms with E-state index in [-0.39, 0.29) is 55.4 Å². The van der Waals surface area contributed by atoms with Crippen molar-refractivity contribution in [2.45, 2.75) is 65.6 Å². The van der Waals surface area contributed by atoms with E-state index in [4.69, 9.17) is 5.73 Å². The molecule has 192 valence electrons. The molecule has 2 amide bonds. The Balaban J connectivity index is 2.05. The fraction of sp³-hybridized carbons (Fsp3) is 0.680. The average Bonchev–Trinajstić information content (AvgIpc) is 2.72. The summed E-state index contributed by atoms with van der Waals surface area (Å²) in [5.74, 6) is -1.95. The molecule has 1 aromatic rings. The van der Waals surface area contributed by atoms with Crippen molar-refractivity contribution in [1.82, 2.24) is 10.2 Å². The van der Waals surface area contributed by atoms with Gasteiger partial charge in [0.1, 0.15) is 11.6 Å². The standard InChI is InChI=1S/C25H40F2N4O3/c1-15(2)11-29-24(34)18(16(3)4)10-22(32)20(28)12-30-13-23(33)31(14-25(30,5)6)21-8-7-17(26)9-19(21)27/h7-9,15-16,18,20,22,32H,10-14,28H2,1-6H3,(H,29,34)/t18-,20-,22-/m0/s1. The molecule has 0 aromatic heterocycles. The molecule has 0 unspecified atom stereocenters. The smallest absolute Gasteiger partial charge is 0.241 e. The van der Waals surface area contributed by atoms with E-state index < -0.39 is 29.3 Å². The van der Waals surface area contributed by atoms with Crippen LogP contribution in [0, 0.1) is 29.4 Å². The number of hydrogen-bond acceptors (Lipinski definition) is 5. The van der Waals surface area contributed by atoms with Crippen LogP contribution in [0.4, 0.5) is 14.5 Å². The molecule has 1 fully saturated rings. The summed E-state index contributed by atoms with van der Waals surface area (Å²) >= 11 is 0. The number of nitrogens with zero attached hydrogens (tertiary/aromatic N) is 2. The van der Waals surface area contributed by atoms with E-state index in [0.717, 1.165) is 12.1 Å². The molecule has 2 rings (SSSR count). The van der Waals surface area contributed by atoms with Crippen LogP contribution in [0.3, 0.4) is 0 Å². The molecule has 4 N–H and O–H groups in total. The Morgan fingerprint density at radius 3 is 2.44 bits per heavy atom. The monoisotopic (exact) mass is 482 g/mol. The molecular weight excluding hydrogens is 442 g/mol. The molecule has 1 aliphatic rings. The highest BCUT2D eigenvalue weighted by Gasteiger charge is 2.40. The number of nitrogens with two attached hydrogens (primary N) is 1. The molecule has 9 heteroatoms. The first kappa shape index (κ1) is 28.1. The second kappa shape index (κ2) is 11.6. The largest absolute Gasteiger partial charge is 0.391 e. The Morgan fingerprint density at radius 2 is 1.88 bits per heavy atom. The number of amides is 2. The number of piperazine rings is 1. The second-order valence-electron chi connectivity index (χ2n) is 10.7. The number of benzene rings is 1. The van der Waals surface area contributed by atoms with Gasteiger partial charge < -0.3 is 21.1 Å². The van der Waals surface area contributed by atoms with Gasteiger partial charge in [0.2, 0.25) is 11.8 Å². The lowest BCUT2D eigenvalue weighted by molar-refractivity contribution is -0.127. The lowest BCUT2D eigenvalue weighted by Gasteiger charge is -2.47. The van der Waals surface area contributed by atoms with Crippen molar-refractivity contribution in [3.8, 4) is 0 Å². The van der Waals surface area contributed by atoms with Gasteiger partial charge in [-0.15, -0.1) is 0 Å². The van der Waals surface area contributed by atoms with Crippen molar-refractivity contribution in [2.24, 2.45) is 23.5 Å². The minimum absolute atomic E-state index is 0.0211. The molecule has 0 radical (unpaired) electrons. The molecule has 7 nitrogen and oxygen atoms in total. The van der Waals surface area contributed by atoms with Gasteiger partial charge in [0.25, 0.3) is 0 Å². The summed E-state index contributed by atoms with van der Waals surface area (Å²) in [7, 11) is 0. The lowest BCUT2D eigenvalue weighted by atomic mass is 9.86. The van der Waals surface area contributed by atoms with E-state index in [9.17, 15) is 23.5 Å². The van der Waals surface area contributed by atoms with Crippen LogP contribution in [0.2, 0.25) is 0 Å². The molecule has 0 aliphatic carbocycles. The first-order valence-electron chi connectivity index (χ1n) is 11.9. The van der Waals surface area contributed by atoms with E-state index in [1.54, 1.807) is 0 Å². The molecule has 1 aliphatic heterocycles. The second-order valence-corrected chi connectivity index (χ2v) is 10.7. The number of halogens is 2. The van der Waals surface area contributed by atoms with Crippen LogP contribution in [0.25, 0.3) is 0 Å². The lowest BCUT2D eigenvalue weighted by Crippen LogP contribution is -2.64. The third-order valence-electron chi connectivity index (χ3n) is 6.48. The topological polar surface area (TPSA) is 98.9 Å². The van der Waals surface area contributed by atoms with Crippen LogP contribution in [-0.2, 0) is 9.59 Å². The SMILES string of the molecule is CC(C)CNC(=O)[C@@H](C[C@H](O)[C@@H](N)CN1CC(=O)N(c2ccc(F)cc2F)CC1(C)C)C(C)C. The van der Waals surface area contributed by atoms with Crippen LogP contribution < -0.4 is 16.0 Å². The van der Waals surface area contributed by atoms with E-state index in [1.807, 2.05) is 46.4 Å². The molecule has 0 saturated carbocycles. The van der Waals surface area contributed by atoms with Crippen molar-refractivity contribution in [3.05, 3.63) is 29.8 Å². The van der Waals surface area contributed by atoms with Crippen LogP contribution in [0.5, 0.6) is 0 Å². The summed E-state index contributed by atoms with van der Waals surface area (Å²) in [5, 5.41) is 13.7. The zero-order valence-electron chi connectivity index (χ0n) is 21.1. The predicted octanol–water partition coefficient (Wildman–Crippen LogP) is 2.51. The van der Waals surface area contributed by atoms with Crippen molar-refractivity contribution >= 4 is 17.5 Å². The third-order valence-corrected chi connectivity index (χ3v) is 6.48. The summed E-state index contributed by atoms with van der Waals surface area (Å²) in [6, 6.07) is 2.47. The first-order chi connectivity index (χ1) is 15.7. The third kappa shape index (κ3) is 7.20. The normalized spacial score (nSPS) is 19.4. The zero-order valence-corrected chi connectivity index (χ0v) is 21.1. The Bertz CT molecular complexity index is 863. The fourth-order valence-corrected chi connectivity index (χ4v) is 4.20. The number of aliphatic hydroxyl groups excluding tert-OH is 1. The Morgan fingerprint density at radius 1 is 1.24 bits per heavy atom. The van der Waals surface area contributed by atoms with Crippen LogP contribution in [0.15, 0.2) is 18.2 Å². The highest BCUT2D eigenvalue weighted by Crippen LogP contribution is 2.29. The number of aliphatic hydroxyl groups is 1. The molecule has 0 spiro atoms. The minimum atomic E-state index is -0.935. The number of anilines is 1. The zero-order chi connectivity index (χ0) is 25.8. The van der Waals surface area contributed by atoms with Gasteiger partial charge in [-0.1, -0.05) is 27.7 Å². The first-order valence-corrected chi connectivity index (χ1v) is 11.9. The van der Waals surface area contributed by atoms with Crippen molar-refractivity contribution in [1.29, 1.82) is 0 Å². The maximum absolute atomic E-state index is 14.3. The number of carbonyl (C=O) groups excluding carboxylic acids is 2. The van der Waals surface area contributed by atoms with Gasteiger partial charge in [0.15, 0.2) is 0 Å². The van der Waals surface area contributed by atoms with Gasteiger partial charge in [-0.2, -0.15) is 0 Å². The van der Waals surface area contributed by atoms with E-state index in [2.05, 4.69) is 5.32 Å². The summed E-state index contributed by atoms with van der Waals surface area (Å²) in [4.78, 5) is 28.6. The quantitative estimate of drug-likeness (QED) is 0.476. The van der Waals surface area contributed by atoms with Crippen molar-refractivity contribution in [3.63, 3.8) is 0 Å². The fourth-order valence-electron chi connectivity index (χ4n) is 4.20. The maximum Gasteiger partial charge on any atom is 0.241 e. The maximum atomic E-state index is 14.3. The van der Waals surface area contributed by atoms with Crippen LogP contribution in [0.1, 0.15) is 48.0 Å². The minimum Gasteiger partial charge on any atom is -0.391 e. The molecule has 1 heterocycles. The molecule has 34 heavy (non-hydrogen) atoms. The van der Waals surface area contributed by atoms with Crippen molar-refractivity contribution in [2.75, 3.05) is 31.1 Å². The van der Waals surface area contributed by atoms with Gasteiger partial charge in [-0.3, -0.25) is 14.5 Å². The van der Waals surface area contributed by atoms with Gasteiger partial charge >= 0.3 is 0 Å². The number of nitrogens with one attached hydrogen (secondary N) is 1. The summed E-state index contributed by atoms with van der Waals surface area (Å²) in [5.41, 5.74) is 5.79. The Labute approximate surface area is 201 Å². The van der Waals surface area contributed by atoms with Gasteiger partial charge in [-0.05, 0) is 44.2 Å².